The van der Waals surface area contributed by atoms with Crippen LogP contribution in [0.4, 0.5) is 0 Å². The maximum Gasteiger partial charge on any atom is 0.338 e. The summed E-state index contributed by atoms with van der Waals surface area (Å²) in [5.41, 5.74) is 0.417. The fourth-order valence-corrected chi connectivity index (χ4v) is 3.84. The number of carbonyl (C=O) groups excluding carboxylic acids is 1. The van der Waals surface area contributed by atoms with Gasteiger partial charge in [-0.15, -0.1) is 0 Å². The lowest BCUT2D eigenvalue weighted by Crippen LogP contribution is -2.30. The summed E-state index contributed by atoms with van der Waals surface area (Å²) in [5.74, 6) is -0.834. The first-order valence-corrected chi connectivity index (χ1v) is 11.9. The van der Waals surface area contributed by atoms with Gasteiger partial charge in [0.1, 0.15) is 11.9 Å². The van der Waals surface area contributed by atoms with Crippen molar-refractivity contribution in [2.75, 3.05) is 5.75 Å². The Labute approximate surface area is 164 Å². The van der Waals surface area contributed by atoms with Crippen LogP contribution in [0.1, 0.15) is 87.9 Å². The van der Waals surface area contributed by atoms with Crippen LogP contribution in [0.2, 0.25) is 0 Å². The highest BCUT2D eigenvalue weighted by atomic mass is 32.2. The molecule has 2 N–H and O–H groups in total. The molecule has 0 radical (unpaired) electrons. The predicted molar refractivity (Wildman–Crippen MR) is 110 cm³/mol. The van der Waals surface area contributed by atoms with Crippen molar-refractivity contribution in [1.29, 1.82) is 0 Å². The zero-order chi connectivity index (χ0) is 20.0. The number of unbranched alkanes of at least 4 members (excludes halogenated alkanes) is 9. The lowest BCUT2D eigenvalue weighted by Gasteiger charge is -2.17. The van der Waals surface area contributed by atoms with E-state index < -0.39 is 22.1 Å². The van der Waals surface area contributed by atoms with Crippen molar-refractivity contribution in [2.45, 2.75) is 83.7 Å². The molecule has 0 aliphatic carbocycles. The second-order valence-electron chi connectivity index (χ2n) is 7.19. The summed E-state index contributed by atoms with van der Waals surface area (Å²) in [5, 5.41) is 5.15. The van der Waals surface area contributed by atoms with Crippen molar-refractivity contribution in [3.05, 3.63) is 35.9 Å². The van der Waals surface area contributed by atoms with Gasteiger partial charge in [-0.1, -0.05) is 82.9 Å². The van der Waals surface area contributed by atoms with Crippen LogP contribution in [0, 0.1) is 0 Å². The van der Waals surface area contributed by atoms with Crippen LogP contribution in [-0.2, 0) is 14.8 Å². The molecule has 0 aliphatic heterocycles. The van der Waals surface area contributed by atoms with Gasteiger partial charge in [0.25, 0.3) is 0 Å². The van der Waals surface area contributed by atoms with Gasteiger partial charge >= 0.3 is 5.97 Å². The van der Waals surface area contributed by atoms with E-state index in [2.05, 4.69) is 6.92 Å². The number of nitrogens with two attached hydrogens (primary N) is 1. The Balaban J connectivity index is 2.29. The summed E-state index contributed by atoms with van der Waals surface area (Å²) < 4.78 is 28.3. The lowest BCUT2D eigenvalue weighted by molar-refractivity contribution is 0.0326. The molecule has 1 rings (SSSR count). The van der Waals surface area contributed by atoms with E-state index in [4.69, 9.17) is 9.88 Å². The van der Waals surface area contributed by atoms with Crippen LogP contribution in [0.25, 0.3) is 0 Å². The van der Waals surface area contributed by atoms with Crippen molar-refractivity contribution in [3.63, 3.8) is 0 Å². The van der Waals surface area contributed by atoms with E-state index in [0.29, 0.717) is 12.0 Å². The monoisotopic (exact) mass is 397 g/mol. The topological polar surface area (TPSA) is 86.5 Å². The molecule has 0 heterocycles. The molecule has 0 saturated heterocycles. The molecule has 0 amide bonds. The second kappa shape index (κ2) is 13.7. The summed E-state index contributed by atoms with van der Waals surface area (Å²) in [4.78, 5) is 12.2. The molecule has 6 heteroatoms. The number of ether oxygens (including phenoxy) is 1. The Kier molecular flexibility index (Phi) is 12.0. The number of esters is 1. The Morgan fingerprint density at radius 1 is 0.926 bits per heavy atom. The molecular weight excluding hydrogens is 362 g/mol. The van der Waals surface area contributed by atoms with Crippen LogP contribution in [0.3, 0.4) is 0 Å². The SMILES string of the molecule is CCCCCCCCCCCCC(CS(N)(=O)=O)OC(=O)c1ccccc1. The molecule has 1 aromatic carbocycles. The molecule has 1 atom stereocenters. The van der Waals surface area contributed by atoms with Gasteiger partial charge in [0.05, 0.1) is 5.56 Å². The van der Waals surface area contributed by atoms with Gasteiger partial charge in [-0.05, 0) is 25.0 Å². The third-order valence-corrected chi connectivity index (χ3v) is 5.42. The largest absolute Gasteiger partial charge is 0.458 e. The third kappa shape index (κ3) is 12.6. The predicted octanol–water partition coefficient (Wildman–Crippen LogP) is 4.81. The number of carbonyl (C=O) groups is 1. The summed E-state index contributed by atoms with van der Waals surface area (Å²) in [6.07, 6.45) is 11.8. The highest BCUT2D eigenvalue weighted by Crippen LogP contribution is 2.15. The number of rotatable bonds is 15. The van der Waals surface area contributed by atoms with Crippen LogP contribution in [-0.4, -0.2) is 26.2 Å². The first kappa shape index (κ1) is 23.6. The van der Waals surface area contributed by atoms with Gasteiger partial charge in [0, 0.05) is 0 Å². The number of benzene rings is 1. The Bertz CT molecular complexity index is 616. The maximum absolute atomic E-state index is 12.2. The quantitative estimate of drug-likeness (QED) is 0.340. The molecule has 5 nitrogen and oxygen atoms in total. The van der Waals surface area contributed by atoms with Crippen molar-refractivity contribution in [1.82, 2.24) is 0 Å². The zero-order valence-electron chi connectivity index (χ0n) is 16.6. The van der Waals surface area contributed by atoms with Crippen LogP contribution >= 0.6 is 0 Å². The Morgan fingerprint density at radius 3 is 1.96 bits per heavy atom. The number of primary sulfonamides is 1. The minimum atomic E-state index is -3.69. The Morgan fingerprint density at radius 2 is 1.44 bits per heavy atom. The maximum atomic E-state index is 12.2. The van der Waals surface area contributed by atoms with Crippen molar-refractivity contribution in [3.8, 4) is 0 Å². The third-order valence-electron chi connectivity index (χ3n) is 4.58. The second-order valence-corrected chi connectivity index (χ2v) is 8.85. The fraction of sp³-hybridized carbons (Fsp3) is 0.667. The smallest absolute Gasteiger partial charge is 0.338 e. The number of sulfonamides is 1. The van der Waals surface area contributed by atoms with E-state index in [0.717, 1.165) is 19.3 Å². The normalized spacial score (nSPS) is 12.7. The van der Waals surface area contributed by atoms with Gasteiger partial charge < -0.3 is 4.74 Å². The number of hydrogen-bond acceptors (Lipinski definition) is 4. The van der Waals surface area contributed by atoms with E-state index in [9.17, 15) is 13.2 Å². The van der Waals surface area contributed by atoms with Gasteiger partial charge in [0.15, 0.2) is 0 Å². The van der Waals surface area contributed by atoms with Crippen LogP contribution in [0.5, 0.6) is 0 Å². The van der Waals surface area contributed by atoms with E-state index >= 15 is 0 Å². The average Bonchev–Trinajstić information content (AvgIpc) is 2.62. The molecule has 154 valence electrons. The highest BCUT2D eigenvalue weighted by molar-refractivity contribution is 7.89. The lowest BCUT2D eigenvalue weighted by atomic mass is 10.0. The first-order valence-electron chi connectivity index (χ1n) is 10.2. The summed E-state index contributed by atoms with van der Waals surface area (Å²) in [7, 11) is -3.69. The van der Waals surface area contributed by atoms with Gasteiger partial charge in [-0.25, -0.2) is 18.4 Å². The van der Waals surface area contributed by atoms with E-state index in [-0.39, 0.29) is 5.75 Å². The molecule has 0 spiro atoms. The summed E-state index contributed by atoms with van der Waals surface area (Å²) >= 11 is 0. The molecule has 0 aromatic heterocycles. The molecule has 0 saturated carbocycles. The molecule has 0 aliphatic rings. The highest BCUT2D eigenvalue weighted by Gasteiger charge is 2.20. The standard InChI is InChI=1S/C21H35NO4S/c1-2-3-4-5-6-7-8-9-10-14-17-20(18-27(22,24)25)26-21(23)19-15-12-11-13-16-19/h11-13,15-16,20H,2-10,14,17-18H2,1H3,(H2,22,24,25). The first-order chi connectivity index (χ1) is 12.9. The molecule has 0 bridgehead atoms. The number of hydrogen-bond donors (Lipinski definition) is 1. The fourth-order valence-electron chi connectivity index (χ4n) is 3.09. The van der Waals surface area contributed by atoms with Crippen molar-refractivity contribution >= 4 is 16.0 Å². The molecule has 1 aromatic rings. The Hall–Kier alpha value is -1.40. The molecular formula is C21H35NO4S. The summed E-state index contributed by atoms with van der Waals surface area (Å²) in [6, 6.07) is 8.59. The van der Waals surface area contributed by atoms with Gasteiger partial charge in [-0.3, -0.25) is 0 Å². The van der Waals surface area contributed by atoms with Crippen LogP contribution < -0.4 is 5.14 Å². The van der Waals surface area contributed by atoms with Gasteiger partial charge in [-0.2, -0.15) is 0 Å². The van der Waals surface area contributed by atoms with E-state index in [1.54, 1.807) is 24.3 Å². The van der Waals surface area contributed by atoms with Crippen molar-refractivity contribution in [2.24, 2.45) is 5.14 Å². The minimum absolute atomic E-state index is 0.330. The average molecular weight is 398 g/mol. The van der Waals surface area contributed by atoms with Crippen LogP contribution in [0.15, 0.2) is 30.3 Å². The van der Waals surface area contributed by atoms with Crippen molar-refractivity contribution < 1.29 is 17.9 Å². The molecule has 0 fully saturated rings. The van der Waals surface area contributed by atoms with E-state index in [1.165, 1.54) is 44.9 Å². The van der Waals surface area contributed by atoms with Gasteiger partial charge in [0.2, 0.25) is 10.0 Å². The molecule has 27 heavy (non-hydrogen) atoms. The minimum Gasteiger partial charge on any atom is -0.458 e. The van der Waals surface area contributed by atoms with E-state index in [1.807, 2.05) is 6.07 Å². The summed E-state index contributed by atoms with van der Waals surface area (Å²) in [6.45, 7) is 2.22. The zero-order valence-corrected chi connectivity index (χ0v) is 17.4. The molecule has 1 unspecified atom stereocenters.